The minimum absolute atomic E-state index is 0.0136. The molecule has 0 saturated carbocycles. The summed E-state index contributed by atoms with van der Waals surface area (Å²) in [5, 5.41) is 1.47. The Hall–Kier alpha value is -4.51. The number of hydrazine groups is 1. The maximum Gasteiger partial charge on any atom is 0.320 e. The third-order valence-electron chi connectivity index (χ3n) is 10.8. The Balaban J connectivity index is 1.01. The van der Waals surface area contributed by atoms with Crippen molar-refractivity contribution in [1.82, 2.24) is 24.8 Å². The van der Waals surface area contributed by atoms with Gasteiger partial charge in [0.05, 0.1) is 18.7 Å². The number of hydrogen-bond donors (Lipinski definition) is 2. The molecule has 0 unspecified atom stereocenters. The Morgan fingerprint density at radius 2 is 1.70 bits per heavy atom. The molecule has 1 atom stereocenters. The van der Waals surface area contributed by atoms with Crippen molar-refractivity contribution in [3.8, 4) is 11.1 Å². The van der Waals surface area contributed by atoms with Gasteiger partial charge in [0.2, 0.25) is 16.7 Å². The van der Waals surface area contributed by atoms with Gasteiger partial charge in [-0.1, -0.05) is 12.1 Å². The molecule has 2 aromatic carbocycles. The van der Waals surface area contributed by atoms with E-state index in [4.69, 9.17) is 4.74 Å². The fraction of sp³-hybridized carbons (Fsp3) is 0.475. The number of thiol groups is 1. The van der Waals surface area contributed by atoms with Crippen molar-refractivity contribution >= 4 is 45.1 Å². The van der Waals surface area contributed by atoms with Gasteiger partial charge in [0.1, 0.15) is 28.9 Å². The third-order valence-corrected chi connectivity index (χ3v) is 11.5. The number of carbonyl (C=O) groups is 2. The molecule has 3 aliphatic heterocycles. The number of benzene rings is 2. The molecule has 0 amide bonds. The van der Waals surface area contributed by atoms with Gasteiger partial charge in [-0.3, -0.25) is 19.4 Å². The lowest BCUT2D eigenvalue weighted by atomic mass is 9.99. The van der Waals surface area contributed by atoms with Crippen molar-refractivity contribution in [3.05, 3.63) is 77.6 Å². The zero-order valence-electron chi connectivity index (χ0n) is 31.8. The molecule has 0 aliphatic carbocycles. The summed E-state index contributed by atoms with van der Waals surface area (Å²) >= 11 is 0. The molecule has 1 N–H and O–H groups in total. The van der Waals surface area contributed by atoms with Crippen molar-refractivity contribution in [3.63, 3.8) is 0 Å². The van der Waals surface area contributed by atoms with Crippen LogP contribution in [0.4, 0.5) is 24.5 Å². The number of piperidine rings is 1. The van der Waals surface area contributed by atoms with E-state index in [0.29, 0.717) is 33.6 Å². The summed E-state index contributed by atoms with van der Waals surface area (Å²) in [4.78, 5) is 40.7. The van der Waals surface area contributed by atoms with E-state index in [9.17, 15) is 22.4 Å². The van der Waals surface area contributed by atoms with Crippen LogP contribution in [-0.4, -0.2) is 122 Å². The summed E-state index contributed by atoms with van der Waals surface area (Å²) in [7, 11) is -3.47. The molecule has 300 valence electrons. The summed E-state index contributed by atoms with van der Waals surface area (Å²) in [6, 6.07) is 12.0. The van der Waals surface area contributed by atoms with E-state index in [1.54, 1.807) is 12.3 Å². The number of carbonyl (C=O) groups excluding carboxylic acids is 2. The predicted octanol–water partition coefficient (Wildman–Crippen LogP) is 5.35. The van der Waals surface area contributed by atoms with E-state index in [-0.39, 0.29) is 31.0 Å². The molecule has 12 nitrogen and oxygen atoms in total. The number of H-pyrrole nitrogens is 1. The second-order valence-corrected chi connectivity index (χ2v) is 16.6. The Labute approximate surface area is 326 Å². The van der Waals surface area contributed by atoms with Crippen LogP contribution in [0, 0.1) is 11.6 Å². The fourth-order valence-corrected chi connectivity index (χ4v) is 8.73. The molecule has 0 bridgehead atoms. The SMILES string of the molecule is CC(C)(C)OC(=O)CN1CCCN(C2CCN(c3ccc(-c4cnc5[nH]cc(C(=O)c6c(F)ccc(N(N7CC[C@@H](F)C7)[SH](=O)=O)c6F)c5c4)cc3)CC2)CC1. The lowest BCUT2D eigenvalue weighted by Gasteiger charge is -2.39. The zero-order chi connectivity index (χ0) is 39.7. The van der Waals surface area contributed by atoms with Crippen molar-refractivity contribution in [2.24, 2.45) is 0 Å². The van der Waals surface area contributed by atoms with Gasteiger partial charge in [0.15, 0.2) is 5.82 Å². The highest BCUT2D eigenvalue weighted by Crippen LogP contribution is 2.33. The molecule has 2 aromatic heterocycles. The summed E-state index contributed by atoms with van der Waals surface area (Å²) in [5.41, 5.74) is 0.953. The highest BCUT2D eigenvalue weighted by atomic mass is 32.2. The van der Waals surface area contributed by atoms with E-state index < -0.39 is 51.3 Å². The number of ketones is 1. The van der Waals surface area contributed by atoms with E-state index in [1.165, 1.54) is 6.20 Å². The molecule has 3 saturated heterocycles. The molecule has 0 spiro atoms. The number of halogens is 3. The van der Waals surface area contributed by atoms with Crippen molar-refractivity contribution in [1.29, 1.82) is 0 Å². The first-order chi connectivity index (χ1) is 26.8. The Morgan fingerprint density at radius 3 is 2.38 bits per heavy atom. The highest BCUT2D eigenvalue weighted by Gasteiger charge is 2.33. The standard InChI is InChI=1S/C40H48F3N7O5S/c1-40(2,3)55-35(51)25-46-14-4-15-47(20-19-46)30-12-16-48(17-13-30)29-7-5-26(6-8-29)27-21-31-32(23-45-39(31)44-22-27)38(52)36-33(42)9-10-34(37(36)43)50(56(53)54)49-18-11-28(41)24-49/h5-10,21-23,28,30,56H,4,11-20,24-25H2,1-3H3,(H,44,45)/t28-/m1/s1. The van der Waals surface area contributed by atoms with E-state index in [2.05, 4.69) is 36.8 Å². The number of ether oxygens (including phenoxy) is 1. The number of nitrogens with one attached hydrogen (secondary N) is 1. The van der Waals surface area contributed by atoms with Crippen LogP contribution in [0.1, 0.15) is 62.4 Å². The van der Waals surface area contributed by atoms with Gasteiger partial charge >= 0.3 is 5.97 Å². The van der Waals surface area contributed by atoms with Gasteiger partial charge in [-0.2, -0.15) is 4.41 Å². The number of rotatable bonds is 10. The first-order valence-corrected chi connectivity index (χ1v) is 20.3. The maximum atomic E-state index is 16.0. The Kier molecular flexibility index (Phi) is 11.7. The molecule has 56 heavy (non-hydrogen) atoms. The fourth-order valence-electron chi connectivity index (χ4n) is 8.03. The molecular formula is C40H48F3N7O5S. The lowest BCUT2D eigenvalue weighted by molar-refractivity contribution is -0.156. The maximum absolute atomic E-state index is 16.0. The van der Waals surface area contributed by atoms with Crippen LogP contribution >= 0.6 is 0 Å². The van der Waals surface area contributed by atoms with Gasteiger partial charge in [-0.05, 0) is 88.9 Å². The van der Waals surface area contributed by atoms with E-state index >= 15 is 8.78 Å². The van der Waals surface area contributed by atoms with Crippen LogP contribution in [-0.2, 0) is 20.4 Å². The molecular weight excluding hydrogens is 748 g/mol. The largest absolute Gasteiger partial charge is 0.459 e. The van der Waals surface area contributed by atoms with Crippen LogP contribution in [0.3, 0.4) is 0 Å². The van der Waals surface area contributed by atoms with Crippen LogP contribution in [0.2, 0.25) is 0 Å². The first-order valence-electron chi connectivity index (χ1n) is 19.1. The number of aromatic amines is 1. The smallest absolute Gasteiger partial charge is 0.320 e. The molecule has 7 rings (SSSR count). The molecule has 4 aromatic rings. The van der Waals surface area contributed by atoms with Gasteiger partial charge in [-0.15, -0.1) is 0 Å². The normalized spacial score (nSPS) is 19.5. The number of nitrogens with zero attached hydrogens (tertiary/aromatic N) is 6. The Bertz CT molecular complexity index is 2140. The zero-order valence-corrected chi connectivity index (χ0v) is 32.7. The van der Waals surface area contributed by atoms with E-state index in [0.717, 1.165) is 86.9 Å². The van der Waals surface area contributed by atoms with Gasteiger partial charge in [0, 0.05) is 79.9 Å². The third kappa shape index (κ3) is 8.72. The van der Waals surface area contributed by atoms with Crippen LogP contribution in [0.5, 0.6) is 0 Å². The first kappa shape index (κ1) is 39.7. The van der Waals surface area contributed by atoms with Crippen molar-refractivity contribution in [2.45, 2.75) is 64.3 Å². The molecule has 5 heterocycles. The van der Waals surface area contributed by atoms with Crippen molar-refractivity contribution in [2.75, 3.05) is 68.2 Å². The summed E-state index contributed by atoms with van der Waals surface area (Å²) in [5.74, 6) is -3.69. The number of aromatic nitrogens is 2. The topological polar surface area (TPSA) is 122 Å². The monoisotopic (exact) mass is 795 g/mol. The molecule has 3 aliphatic rings. The Morgan fingerprint density at radius 1 is 0.946 bits per heavy atom. The number of esters is 1. The average Bonchev–Trinajstić information content (AvgIpc) is 3.71. The second kappa shape index (κ2) is 16.5. The summed E-state index contributed by atoms with van der Waals surface area (Å²) < 4.78 is 75.5. The predicted molar refractivity (Wildman–Crippen MR) is 209 cm³/mol. The highest BCUT2D eigenvalue weighted by molar-refractivity contribution is 7.73. The lowest BCUT2D eigenvalue weighted by Crippen LogP contribution is -2.46. The molecule has 0 radical (unpaired) electrons. The van der Waals surface area contributed by atoms with Crippen molar-refractivity contribution < 1.29 is 35.9 Å². The van der Waals surface area contributed by atoms with Crippen LogP contribution in [0.25, 0.3) is 22.2 Å². The van der Waals surface area contributed by atoms with Crippen LogP contribution < -0.4 is 9.31 Å². The molecule has 3 fully saturated rings. The minimum atomic E-state index is -3.47. The van der Waals surface area contributed by atoms with Crippen LogP contribution in [0.15, 0.2) is 54.9 Å². The molecule has 16 heteroatoms. The van der Waals surface area contributed by atoms with E-state index in [1.807, 2.05) is 32.9 Å². The number of anilines is 2. The summed E-state index contributed by atoms with van der Waals surface area (Å²) in [6.07, 6.45) is 4.81. The minimum Gasteiger partial charge on any atom is -0.459 e. The quantitative estimate of drug-likeness (QED) is 0.124. The number of pyridine rings is 1. The summed E-state index contributed by atoms with van der Waals surface area (Å²) in [6.45, 7) is 11.2. The number of hydrogen-bond acceptors (Lipinski definition) is 10. The van der Waals surface area contributed by atoms with Gasteiger partial charge < -0.3 is 14.6 Å². The van der Waals surface area contributed by atoms with Gasteiger partial charge in [0.25, 0.3) is 0 Å². The second-order valence-electron chi connectivity index (χ2n) is 15.8. The number of fused-ring (bicyclic) bond motifs is 1. The number of alkyl halides is 1. The average molecular weight is 796 g/mol. The van der Waals surface area contributed by atoms with Gasteiger partial charge in [-0.25, -0.2) is 31.6 Å².